The summed E-state index contributed by atoms with van der Waals surface area (Å²) in [5.74, 6) is -0.247. The summed E-state index contributed by atoms with van der Waals surface area (Å²) in [6, 6.07) is 0.630. The van der Waals surface area contributed by atoms with Crippen LogP contribution in [0.15, 0.2) is 0 Å². The summed E-state index contributed by atoms with van der Waals surface area (Å²) >= 11 is 0. The van der Waals surface area contributed by atoms with Gasteiger partial charge in [-0.15, -0.1) is 0 Å². The van der Waals surface area contributed by atoms with E-state index in [-0.39, 0.29) is 18.1 Å². The van der Waals surface area contributed by atoms with Gasteiger partial charge in [0.15, 0.2) is 0 Å². The van der Waals surface area contributed by atoms with Crippen molar-refractivity contribution in [2.75, 3.05) is 19.7 Å². The van der Waals surface area contributed by atoms with Crippen molar-refractivity contribution in [3.8, 4) is 0 Å². The van der Waals surface area contributed by atoms with Crippen LogP contribution in [-0.2, 0) is 9.53 Å². The maximum Gasteiger partial charge on any atom is 0.235 e. The van der Waals surface area contributed by atoms with Crippen LogP contribution >= 0.6 is 0 Å². The van der Waals surface area contributed by atoms with Crippen molar-refractivity contribution in [2.45, 2.75) is 50.9 Å². The molecule has 3 unspecified atom stereocenters. The molecule has 98 valence electrons. The molecule has 0 bridgehead atoms. The Bertz CT molecular complexity index is 281. The van der Waals surface area contributed by atoms with E-state index in [1.165, 1.54) is 12.8 Å². The molecule has 3 N–H and O–H groups in total. The quantitative estimate of drug-likeness (QED) is 0.693. The Balaban J connectivity index is 1.88. The van der Waals surface area contributed by atoms with Gasteiger partial charge in [0.05, 0.1) is 18.8 Å². The summed E-state index contributed by atoms with van der Waals surface area (Å²) in [5, 5.41) is 3.32. The molecule has 1 saturated carbocycles. The fraction of sp³-hybridized carbons (Fsp3) is 0.917. The number of morpholine rings is 1. The third-order valence-corrected chi connectivity index (χ3v) is 3.51. The third-order valence-electron chi connectivity index (χ3n) is 3.51. The van der Waals surface area contributed by atoms with Gasteiger partial charge in [-0.3, -0.25) is 9.69 Å². The maximum atomic E-state index is 11.4. The lowest BCUT2D eigenvalue weighted by molar-refractivity contribution is -0.121. The Hall–Kier alpha value is -0.650. The topological polar surface area (TPSA) is 67.6 Å². The number of amides is 1. The van der Waals surface area contributed by atoms with E-state index in [0.29, 0.717) is 18.6 Å². The second kappa shape index (κ2) is 5.33. The van der Waals surface area contributed by atoms with Crippen molar-refractivity contribution in [3.05, 3.63) is 0 Å². The molecule has 2 fully saturated rings. The Kier molecular flexibility index (Phi) is 4.01. The summed E-state index contributed by atoms with van der Waals surface area (Å²) in [7, 11) is 0. The molecule has 1 saturated heterocycles. The first-order chi connectivity index (χ1) is 8.06. The highest BCUT2D eigenvalue weighted by Crippen LogP contribution is 2.20. The summed E-state index contributed by atoms with van der Waals surface area (Å²) in [4.78, 5) is 13.7. The van der Waals surface area contributed by atoms with Crippen LogP contribution in [0.3, 0.4) is 0 Å². The molecular weight excluding hydrogens is 218 g/mol. The molecule has 1 aliphatic carbocycles. The highest BCUT2D eigenvalue weighted by molar-refractivity contribution is 5.80. The monoisotopic (exact) mass is 241 g/mol. The molecule has 0 aromatic rings. The first-order valence-electron chi connectivity index (χ1n) is 6.47. The average Bonchev–Trinajstić information content (AvgIpc) is 3.06. The van der Waals surface area contributed by atoms with Crippen LogP contribution in [0, 0.1) is 0 Å². The number of hydrogen-bond acceptors (Lipinski definition) is 4. The number of rotatable bonds is 5. The van der Waals surface area contributed by atoms with Crippen molar-refractivity contribution in [1.82, 2.24) is 10.2 Å². The molecule has 5 nitrogen and oxygen atoms in total. The standard InChI is InChI=1S/C12H23N3O2/c1-8-7-17-9(2)5-15(8)6-11(12(13)16)14-10-3-4-10/h8-11,14H,3-7H2,1-2H3,(H2,13,16). The fourth-order valence-corrected chi connectivity index (χ4v) is 2.22. The lowest BCUT2D eigenvalue weighted by Gasteiger charge is -2.38. The maximum absolute atomic E-state index is 11.4. The number of carbonyl (C=O) groups excluding carboxylic acids is 1. The second-order valence-corrected chi connectivity index (χ2v) is 5.34. The van der Waals surface area contributed by atoms with E-state index in [1.54, 1.807) is 0 Å². The zero-order valence-electron chi connectivity index (χ0n) is 10.7. The minimum atomic E-state index is -0.247. The van der Waals surface area contributed by atoms with E-state index in [4.69, 9.17) is 10.5 Å². The Morgan fingerprint density at radius 2 is 2.24 bits per heavy atom. The molecule has 2 aliphatic rings. The molecule has 1 heterocycles. The normalized spacial score (nSPS) is 32.4. The van der Waals surface area contributed by atoms with Gasteiger partial charge in [0.2, 0.25) is 5.91 Å². The zero-order chi connectivity index (χ0) is 12.4. The zero-order valence-corrected chi connectivity index (χ0v) is 10.7. The largest absolute Gasteiger partial charge is 0.376 e. The fourth-order valence-electron chi connectivity index (χ4n) is 2.22. The molecule has 17 heavy (non-hydrogen) atoms. The van der Waals surface area contributed by atoms with E-state index in [0.717, 1.165) is 13.2 Å². The molecule has 0 spiro atoms. The first kappa shape index (κ1) is 12.8. The highest BCUT2D eigenvalue weighted by atomic mass is 16.5. The van der Waals surface area contributed by atoms with Gasteiger partial charge in [0.25, 0.3) is 0 Å². The molecule has 5 heteroatoms. The third kappa shape index (κ3) is 3.66. The van der Waals surface area contributed by atoms with Crippen molar-refractivity contribution in [2.24, 2.45) is 5.73 Å². The predicted octanol–water partition coefficient (Wildman–Crippen LogP) is -0.298. The van der Waals surface area contributed by atoms with Crippen LogP contribution in [0.2, 0.25) is 0 Å². The smallest absolute Gasteiger partial charge is 0.235 e. The van der Waals surface area contributed by atoms with Gasteiger partial charge < -0.3 is 15.8 Å². The number of nitrogens with one attached hydrogen (secondary N) is 1. The van der Waals surface area contributed by atoms with Gasteiger partial charge in [-0.05, 0) is 26.7 Å². The second-order valence-electron chi connectivity index (χ2n) is 5.34. The summed E-state index contributed by atoms with van der Waals surface area (Å²) < 4.78 is 5.58. The molecule has 1 aliphatic heterocycles. The van der Waals surface area contributed by atoms with Gasteiger partial charge >= 0.3 is 0 Å². The van der Waals surface area contributed by atoms with Gasteiger partial charge in [-0.25, -0.2) is 0 Å². The highest BCUT2D eigenvalue weighted by Gasteiger charge is 2.31. The van der Waals surface area contributed by atoms with E-state index in [9.17, 15) is 4.79 Å². The number of primary amides is 1. The molecule has 2 rings (SSSR count). The van der Waals surface area contributed by atoms with Crippen LogP contribution in [0.5, 0.6) is 0 Å². The SMILES string of the molecule is CC1CN(CC(NC2CC2)C(N)=O)C(C)CO1. The Morgan fingerprint density at radius 1 is 1.53 bits per heavy atom. The number of hydrogen-bond donors (Lipinski definition) is 2. The molecule has 0 aromatic carbocycles. The van der Waals surface area contributed by atoms with Gasteiger partial charge in [-0.2, -0.15) is 0 Å². The van der Waals surface area contributed by atoms with E-state index in [2.05, 4.69) is 24.1 Å². The van der Waals surface area contributed by atoms with Crippen LogP contribution < -0.4 is 11.1 Å². The number of nitrogens with two attached hydrogens (primary N) is 1. The van der Waals surface area contributed by atoms with Crippen LogP contribution in [0.25, 0.3) is 0 Å². The van der Waals surface area contributed by atoms with E-state index in [1.807, 2.05) is 0 Å². The van der Waals surface area contributed by atoms with Crippen molar-refractivity contribution in [1.29, 1.82) is 0 Å². The molecule has 1 amide bonds. The van der Waals surface area contributed by atoms with Crippen molar-refractivity contribution in [3.63, 3.8) is 0 Å². The van der Waals surface area contributed by atoms with Gasteiger partial charge in [0.1, 0.15) is 0 Å². The molecule has 0 aromatic heterocycles. The van der Waals surface area contributed by atoms with E-state index < -0.39 is 0 Å². The average molecular weight is 241 g/mol. The lowest BCUT2D eigenvalue weighted by atomic mass is 10.1. The van der Waals surface area contributed by atoms with Crippen LogP contribution in [0.1, 0.15) is 26.7 Å². The van der Waals surface area contributed by atoms with Crippen molar-refractivity contribution < 1.29 is 9.53 Å². The van der Waals surface area contributed by atoms with Crippen molar-refractivity contribution >= 4 is 5.91 Å². The number of nitrogens with zero attached hydrogens (tertiary/aromatic N) is 1. The van der Waals surface area contributed by atoms with Crippen LogP contribution in [0.4, 0.5) is 0 Å². The predicted molar refractivity (Wildman–Crippen MR) is 65.6 cm³/mol. The number of carbonyl (C=O) groups is 1. The lowest BCUT2D eigenvalue weighted by Crippen LogP contribution is -2.56. The van der Waals surface area contributed by atoms with Gasteiger partial charge in [-0.1, -0.05) is 0 Å². The Morgan fingerprint density at radius 3 is 2.82 bits per heavy atom. The molecular formula is C12H23N3O2. The summed E-state index contributed by atoms with van der Waals surface area (Å²) in [6.07, 6.45) is 2.57. The minimum Gasteiger partial charge on any atom is -0.376 e. The van der Waals surface area contributed by atoms with Crippen LogP contribution in [-0.4, -0.2) is 54.7 Å². The van der Waals surface area contributed by atoms with Gasteiger partial charge in [0, 0.05) is 25.2 Å². The first-order valence-corrected chi connectivity index (χ1v) is 6.47. The van der Waals surface area contributed by atoms with E-state index >= 15 is 0 Å². The number of ether oxygens (including phenoxy) is 1. The minimum absolute atomic E-state index is 0.227. The molecule has 0 radical (unpaired) electrons. The summed E-state index contributed by atoms with van der Waals surface area (Å²) in [5.41, 5.74) is 5.45. The summed E-state index contributed by atoms with van der Waals surface area (Å²) in [6.45, 7) is 6.49. The Labute approximate surface area is 103 Å². The molecule has 3 atom stereocenters.